The summed E-state index contributed by atoms with van der Waals surface area (Å²) in [5, 5.41) is 3.50. The number of rotatable bonds is 1. The zero-order valence-corrected chi connectivity index (χ0v) is 10.4. The predicted octanol–water partition coefficient (Wildman–Crippen LogP) is 0.766. The number of hydrogen-bond donors (Lipinski definition) is 1. The molecule has 4 heteroatoms. The van der Waals surface area contributed by atoms with Crippen LogP contribution < -0.4 is 5.32 Å². The van der Waals surface area contributed by atoms with Crippen LogP contribution in [0.4, 0.5) is 0 Å². The molecule has 0 aromatic rings. The van der Waals surface area contributed by atoms with Crippen LogP contribution in [0.2, 0.25) is 0 Å². The molecule has 96 valence electrons. The third-order valence-electron chi connectivity index (χ3n) is 4.39. The highest BCUT2D eigenvalue weighted by Gasteiger charge is 2.37. The maximum atomic E-state index is 12.3. The van der Waals surface area contributed by atoms with Gasteiger partial charge in [0.05, 0.1) is 12.7 Å². The molecule has 3 fully saturated rings. The topological polar surface area (TPSA) is 41.6 Å². The van der Waals surface area contributed by atoms with Gasteiger partial charge in [0, 0.05) is 31.6 Å². The second kappa shape index (κ2) is 4.94. The highest BCUT2D eigenvalue weighted by Crippen LogP contribution is 2.30. The van der Waals surface area contributed by atoms with Gasteiger partial charge in [-0.15, -0.1) is 0 Å². The molecular formula is C13H22N2O2. The van der Waals surface area contributed by atoms with Gasteiger partial charge in [-0.05, 0) is 32.1 Å². The van der Waals surface area contributed by atoms with E-state index in [0.29, 0.717) is 18.1 Å². The van der Waals surface area contributed by atoms with E-state index in [0.717, 1.165) is 45.5 Å². The maximum absolute atomic E-state index is 12.3. The first kappa shape index (κ1) is 11.5. The van der Waals surface area contributed by atoms with Crippen molar-refractivity contribution >= 4 is 5.91 Å². The summed E-state index contributed by atoms with van der Waals surface area (Å²) in [5.74, 6) is 0.636. The number of morpholine rings is 1. The summed E-state index contributed by atoms with van der Waals surface area (Å²) >= 11 is 0. The van der Waals surface area contributed by atoms with Crippen LogP contribution in [0.3, 0.4) is 0 Å². The van der Waals surface area contributed by atoms with E-state index in [1.54, 1.807) is 0 Å². The highest BCUT2D eigenvalue weighted by atomic mass is 16.5. The molecule has 2 saturated heterocycles. The number of nitrogens with zero attached hydrogens (tertiary/aromatic N) is 1. The Bertz CT molecular complexity index is 289. The Morgan fingerprint density at radius 2 is 2.06 bits per heavy atom. The molecule has 0 radical (unpaired) electrons. The minimum atomic E-state index is 0.239. The fourth-order valence-electron chi connectivity index (χ4n) is 3.43. The van der Waals surface area contributed by atoms with Crippen LogP contribution in [0.5, 0.6) is 0 Å². The third kappa shape index (κ3) is 2.33. The Hall–Kier alpha value is -0.610. The Balaban J connectivity index is 1.59. The van der Waals surface area contributed by atoms with Gasteiger partial charge in [-0.1, -0.05) is 0 Å². The quantitative estimate of drug-likeness (QED) is 0.733. The molecule has 0 aromatic carbocycles. The van der Waals surface area contributed by atoms with Gasteiger partial charge in [-0.25, -0.2) is 0 Å². The molecule has 2 heterocycles. The Labute approximate surface area is 103 Å². The van der Waals surface area contributed by atoms with E-state index in [1.165, 1.54) is 12.8 Å². The van der Waals surface area contributed by atoms with Crippen LogP contribution in [0.15, 0.2) is 0 Å². The van der Waals surface area contributed by atoms with E-state index in [-0.39, 0.29) is 5.92 Å². The van der Waals surface area contributed by atoms with E-state index in [1.807, 2.05) is 0 Å². The number of ether oxygens (including phenoxy) is 1. The largest absolute Gasteiger partial charge is 0.375 e. The molecule has 4 nitrogen and oxygen atoms in total. The summed E-state index contributed by atoms with van der Waals surface area (Å²) in [7, 11) is 0. The predicted molar refractivity (Wildman–Crippen MR) is 64.7 cm³/mol. The molecule has 0 spiro atoms. The van der Waals surface area contributed by atoms with E-state index < -0.39 is 0 Å². The lowest BCUT2D eigenvalue weighted by atomic mass is 9.82. The van der Waals surface area contributed by atoms with Gasteiger partial charge in [-0.2, -0.15) is 0 Å². The SMILES string of the molecule is O=C([C@H]1CC[C@H]2OCCN[C@@H]2C1)N1CCCC1. The molecule has 1 N–H and O–H groups in total. The Morgan fingerprint density at radius 3 is 2.88 bits per heavy atom. The number of amides is 1. The Morgan fingerprint density at radius 1 is 1.24 bits per heavy atom. The summed E-state index contributed by atoms with van der Waals surface area (Å²) in [4.78, 5) is 14.4. The summed E-state index contributed by atoms with van der Waals surface area (Å²) in [6, 6.07) is 0.411. The lowest BCUT2D eigenvalue weighted by Gasteiger charge is -2.40. The minimum absolute atomic E-state index is 0.239. The maximum Gasteiger partial charge on any atom is 0.225 e. The number of carbonyl (C=O) groups is 1. The number of hydrogen-bond acceptors (Lipinski definition) is 3. The first-order chi connectivity index (χ1) is 8.34. The second-order valence-electron chi connectivity index (χ2n) is 5.51. The smallest absolute Gasteiger partial charge is 0.225 e. The molecule has 0 unspecified atom stereocenters. The van der Waals surface area contributed by atoms with Gasteiger partial charge in [0.25, 0.3) is 0 Å². The lowest BCUT2D eigenvalue weighted by Crippen LogP contribution is -2.53. The molecule has 3 rings (SSSR count). The summed E-state index contributed by atoms with van der Waals surface area (Å²) in [5.41, 5.74) is 0. The van der Waals surface area contributed by atoms with Gasteiger partial charge in [0.1, 0.15) is 0 Å². The fraction of sp³-hybridized carbons (Fsp3) is 0.923. The van der Waals surface area contributed by atoms with E-state index in [9.17, 15) is 4.79 Å². The zero-order chi connectivity index (χ0) is 11.7. The normalized spacial score (nSPS) is 37.9. The van der Waals surface area contributed by atoms with E-state index in [2.05, 4.69) is 10.2 Å². The molecule has 0 bridgehead atoms. The molecule has 3 atom stereocenters. The zero-order valence-electron chi connectivity index (χ0n) is 10.4. The lowest BCUT2D eigenvalue weighted by molar-refractivity contribution is -0.137. The van der Waals surface area contributed by atoms with Crippen molar-refractivity contribution in [2.75, 3.05) is 26.2 Å². The minimum Gasteiger partial charge on any atom is -0.375 e. The van der Waals surface area contributed by atoms with Crippen LogP contribution in [-0.4, -0.2) is 49.2 Å². The van der Waals surface area contributed by atoms with E-state index in [4.69, 9.17) is 4.74 Å². The van der Waals surface area contributed by atoms with Crippen LogP contribution in [0.25, 0.3) is 0 Å². The number of fused-ring (bicyclic) bond motifs is 1. The number of carbonyl (C=O) groups excluding carboxylic acids is 1. The molecule has 2 aliphatic heterocycles. The van der Waals surface area contributed by atoms with Crippen molar-refractivity contribution < 1.29 is 9.53 Å². The third-order valence-corrected chi connectivity index (χ3v) is 4.39. The van der Waals surface area contributed by atoms with Crippen LogP contribution in [0, 0.1) is 5.92 Å². The Kier molecular flexibility index (Phi) is 3.34. The molecule has 1 aliphatic carbocycles. The standard InChI is InChI=1S/C13H22N2O2/c16-13(15-6-1-2-7-15)10-3-4-12-11(9-10)14-5-8-17-12/h10-12,14H,1-9H2/t10-,11+,12+/m0/s1. The first-order valence-electron chi connectivity index (χ1n) is 6.98. The van der Waals surface area contributed by atoms with Crippen LogP contribution in [-0.2, 0) is 9.53 Å². The van der Waals surface area contributed by atoms with Crippen molar-refractivity contribution in [2.24, 2.45) is 5.92 Å². The van der Waals surface area contributed by atoms with Gasteiger partial charge < -0.3 is 15.0 Å². The van der Waals surface area contributed by atoms with Gasteiger partial charge in [-0.3, -0.25) is 4.79 Å². The van der Waals surface area contributed by atoms with E-state index >= 15 is 0 Å². The fourth-order valence-corrected chi connectivity index (χ4v) is 3.43. The average molecular weight is 238 g/mol. The van der Waals surface area contributed by atoms with Gasteiger partial charge in [0.15, 0.2) is 0 Å². The van der Waals surface area contributed by atoms with Gasteiger partial charge in [0.2, 0.25) is 5.91 Å². The molecule has 1 amide bonds. The van der Waals surface area contributed by atoms with Crippen molar-refractivity contribution in [3.63, 3.8) is 0 Å². The second-order valence-corrected chi connectivity index (χ2v) is 5.51. The van der Waals surface area contributed by atoms with Gasteiger partial charge >= 0.3 is 0 Å². The number of nitrogens with one attached hydrogen (secondary N) is 1. The average Bonchev–Trinajstić information content (AvgIpc) is 2.91. The van der Waals surface area contributed by atoms with Crippen molar-refractivity contribution in [1.29, 1.82) is 0 Å². The van der Waals surface area contributed by atoms with Crippen molar-refractivity contribution in [3.8, 4) is 0 Å². The van der Waals surface area contributed by atoms with Crippen LogP contribution in [0.1, 0.15) is 32.1 Å². The van der Waals surface area contributed by atoms with Crippen molar-refractivity contribution in [3.05, 3.63) is 0 Å². The highest BCUT2D eigenvalue weighted by molar-refractivity contribution is 5.79. The summed E-state index contributed by atoms with van der Waals surface area (Å²) in [6.45, 7) is 3.72. The van der Waals surface area contributed by atoms with Crippen molar-refractivity contribution in [2.45, 2.75) is 44.2 Å². The summed E-state index contributed by atoms with van der Waals surface area (Å²) < 4.78 is 5.75. The molecule has 0 aromatic heterocycles. The summed E-state index contributed by atoms with van der Waals surface area (Å²) in [6.07, 6.45) is 5.75. The molecule has 17 heavy (non-hydrogen) atoms. The van der Waals surface area contributed by atoms with Crippen LogP contribution >= 0.6 is 0 Å². The first-order valence-corrected chi connectivity index (χ1v) is 6.98. The molecule has 1 saturated carbocycles. The number of likely N-dealkylation sites (tertiary alicyclic amines) is 1. The molecule has 3 aliphatic rings. The monoisotopic (exact) mass is 238 g/mol. The van der Waals surface area contributed by atoms with Crippen molar-refractivity contribution in [1.82, 2.24) is 10.2 Å². The molecular weight excluding hydrogens is 216 g/mol.